The van der Waals surface area contributed by atoms with Crippen molar-refractivity contribution in [2.24, 2.45) is 0 Å². The predicted octanol–water partition coefficient (Wildman–Crippen LogP) is 12.2. The van der Waals surface area contributed by atoms with Crippen LogP contribution in [0.5, 0.6) is 0 Å². The fourth-order valence-electron chi connectivity index (χ4n) is 7.42. The van der Waals surface area contributed by atoms with Crippen LogP contribution in [0.15, 0.2) is 158 Å². The van der Waals surface area contributed by atoms with Gasteiger partial charge in [-0.25, -0.2) is 4.98 Å². The monoisotopic (exact) mass is 602 g/mol. The Hall–Kier alpha value is -5.77. The van der Waals surface area contributed by atoms with Gasteiger partial charge in [0.25, 0.3) is 0 Å². The summed E-state index contributed by atoms with van der Waals surface area (Å²) in [6.07, 6.45) is 0. The van der Waals surface area contributed by atoms with Gasteiger partial charge in [-0.3, -0.25) is 0 Å². The lowest BCUT2D eigenvalue weighted by atomic mass is 9.91. The van der Waals surface area contributed by atoms with Gasteiger partial charge in [-0.15, -0.1) is 11.3 Å². The van der Waals surface area contributed by atoms with Crippen LogP contribution < -0.4 is 0 Å². The highest BCUT2D eigenvalue weighted by Gasteiger charge is 2.22. The van der Waals surface area contributed by atoms with Crippen molar-refractivity contribution in [3.05, 3.63) is 158 Å². The van der Waals surface area contributed by atoms with Crippen LogP contribution in [0.2, 0.25) is 0 Å². The van der Waals surface area contributed by atoms with Gasteiger partial charge in [-0.05, 0) is 36.4 Å². The molecule has 0 saturated carbocycles. The minimum Gasteiger partial charge on any atom is -0.309 e. The molecule has 0 fully saturated rings. The van der Waals surface area contributed by atoms with Crippen LogP contribution >= 0.6 is 11.3 Å². The molecule has 10 aromatic rings. The fourth-order valence-corrected chi connectivity index (χ4v) is 8.66. The van der Waals surface area contributed by atoms with Gasteiger partial charge in [0.05, 0.1) is 27.9 Å². The van der Waals surface area contributed by atoms with E-state index in [9.17, 15) is 0 Å². The first-order chi connectivity index (χ1) is 22.8. The van der Waals surface area contributed by atoms with Crippen molar-refractivity contribution in [1.82, 2.24) is 9.55 Å². The van der Waals surface area contributed by atoms with E-state index in [4.69, 9.17) is 4.98 Å². The van der Waals surface area contributed by atoms with Crippen molar-refractivity contribution in [3.8, 4) is 28.1 Å². The second-order valence-corrected chi connectivity index (χ2v) is 12.9. The summed E-state index contributed by atoms with van der Waals surface area (Å²) in [6, 6.07) is 56.9. The first-order valence-corrected chi connectivity index (χ1v) is 16.5. The Balaban J connectivity index is 1.41. The summed E-state index contributed by atoms with van der Waals surface area (Å²) in [5.74, 6) is 0. The summed E-state index contributed by atoms with van der Waals surface area (Å²) in [6.45, 7) is 0. The zero-order chi connectivity index (χ0) is 30.2. The van der Waals surface area contributed by atoms with Gasteiger partial charge in [0.15, 0.2) is 0 Å². The average Bonchev–Trinajstić information content (AvgIpc) is 3.68. The lowest BCUT2D eigenvalue weighted by Gasteiger charge is -2.17. The number of benzene rings is 7. The molecule has 0 aliphatic heterocycles. The van der Waals surface area contributed by atoms with E-state index < -0.39 is 0 Å². The number of aromatic nitrogens is 2. The topological polar surface area (TPSA) is 17.8 Å². The quantitative estimate of drug-likeness (QED) is 0.184. The third-order valence-electron chi connectivity index (χ3n) is 9.37. The zero-order valence-corrected chi connectivity index (χ0v) is 25.6. The molecular formula is C43H26N2S. The van der Waals surface area contributed by atoms with Crippen molar-refractivity contribution < 1.29 is 0 Å². The number of fused-ring (bicyclic) bond motifs is 10. The van der Waals surface area contributed by atoms with Crippen molar-refractivity contribution in [2.75, 3.05) is 0 Å². The highest BCUT2D eigenvalue weighted by molar-refractivity contribution is 7.26. The molecule has 3 aromatic heterocycles. The minimum atomic E-state index is 1.02. The maximum absolute atomic E-state index is 5.33. The van der Waals surface area contributed by atoms with Crippen LogP contribution in [0.4, 0.5) is 0 Å². The molecule has 2 nitrogen and oxygen atoms in total. The number of pyridine rings is 1. The predicted molar refractivity (Wildman–Crippen MR) is 197 cm³/mol. The molecule has 0 unspecified atom stereocenters. The Labute approximate surface area is 269 Å². The summed E-state index contributed by atoms with van der Waals surface area (Å²) in [4.78, 5) is 5.33. The number of thiophene rings is 1. The van der Waals surface area contributed by atoms with E-state index >= 15 is 0 Å². The highest BCUT2D eigenvalue weighted by Crippen LogP contribution is 2.49. The molecule has 0 bridgehead atoms. The third kappa shape index (κ3) is 3.61. The van der Waals surface area contributed by atoms with Gasteiger partial charge in [0.1, 0.15) is 0 Å². The van der Waals surface area contributed by atoms with Crippen LogP contribution in [0.1, 0.15) is 0 Å². The molecule has 3 heteroatoms. The molecule has 0 radical (unpaired) electrons. The van der Waals surface area contributed by atoms with Gasteiger partial charge in [0.2, 0.25) is 0 Å². The van der Waals surface area contributed by atoms with Gasteiger partial charge in [-0.2, -0.15) is 0 Å². The van der Waals surface area contributed by atoms with Crippen molar-refractivity contribution in [1.29, 1.82) is 0 Å². The smallest absolute Gasteiger partial charge is 0.0788 e. The summed E-state index contributed by atoms with van der Waals surface area (Å²) in [5.41, 5.74) is 9.19. The molecule has 0 aliphatic rings. The summed E-state index contributed by atoms with van der Waals surface area (Å²) < 4.78 is 5.04. The fraction of sp³-hybridized carbons (Fsp3) is 0. The Bertz CT molecular complexity index is 2750. The normalized spacial score (nSPS) is 11.9. The first-order valence-electron chi connectivity index (χ1n) is 15.7. The van der Waals surface area contributed by atoms with E-state index in [1.165, 1.54) is 75.0 Å². The zero-order valence-electron chi connectivity index (χ0n) is 24.8. The minimum absolute atomic E-state index is 1.02. The maximum atomic E-state index is 5.33. The SMILES string of the molecule is c1ccc(-c2nc3ccccc3c3c2cc(-c2ccccc2-n2c4ccccc4c4ccccc42)c2sc4ccccc4c23)cc1. The largest absolute Gasteiger partial charge is 0.309 e. The Kier molecular flexibility index (Phi) is 5.48. The molecule has 0 atom stereocenters. The van der Waals surface area contributed by atoms with Crippen molar-refractivity contribution in [3.63, 3.8) is 0 Å². The van der Waals surface area contributed by atoms with E-state index in [2.05, 4.69) is 162 Å². The lowest BCUT2D eigenvalue weighted by molar-refractivity contribution is 1.18. The number of para-hydroxylation sites is 4. The van der Waals surface area contributed by atoms with E-state index in [1.807, 2.05) is 11.3 Å². The Morgan fingerprint density at radius 3 is 1.85 bits per heavy atom. The average molecular weight is 603 g/mol. The highest BCUT2D eigenvalue weighted by atomic mass is 32.1. The van der Waals surface area contributed by atoms with Crippen LogP contribution in [0.25, 0.3) is 91.7 Å². The van der Waals surface area contributed by atoms with Crippen LogP contribution in [0, 0.1) is 0 Å². The molecule has 3 heterocycles. The summed E-state index contributed by atoms with van der Waals surface area (Å²) in [7, 11) is 0. The Morgan fingerprint density at radius 1 is 0.457 bits per heavy atom. The first kappa shape index (κ1) is 25.5. The standard InChI is InChI=1S/C43H26N2S/c1-2-14-27(15-3-1)42-34-26-33(43-41(32-20-8-13-25-39(32)46-43)40(34)31-19-4-9-21-35(31)44-42)30-18-7-12-24-38(30)45-36-22-10-5-16-28(36)29-17-6-11-23-37(29)45/h1-26H. The lowest BCUT2D eigenvalue weighted by Crippen LogP contribution is -1.98. The number of hydrogen-bond donors (Lipinski definition) is 0. The van der Waals surface area contributed by atoms with E-state index in [0.717, 1.165) is 16.8 Å². The maximum Gasteiger partial charge on any atom is 0.0788 e. The van der Waals surface area contributed by atoms with Gasteiger partial charge >= 0.3 is 0 Å². The second-order valence-electron chi connectivity index (χ2n) is 11.9. The Morgan fingerprint density at radius 2 is 1.07 bits per heavy atom. The van der Waals surface area contributed by atoms with Crippen LogP contribution in [-0.2, 0) is 0 Å². The van der Waals surface area contributed by atoms with Crippen molar-refractivity contribution >= 4 is 75.0 Å². The van der Waals surface area contributed by atoms with Crippen molar-refractivity contribution in [2.45, 2.75) is 0 Å². The van der Waals surface area contributed by atoms with E-state index in [-0.39, 0.29) is 0 Å². The van der Waals surface area contributed by atoms with Crippen LogP contribution in [-0.4, -0.2) is 9.55 Å². The third-order valence-corrected chi connectivity index (χ3v) is 10.6. The molecule has 0 saturated heterocycles. The second kappa shape index (κ2) is 9.87. The summed E-state index contributed by atoms with van der Waals surface area (Å²) in [5, 5.41) is 8.76. The van der Waals surface area contributed by atoms with Crippen LogP contribution in [0.3, 0.4) is 0 Å². The molecule has 7 aromatic carbocycles. The molecule has 0 aliphatic carbocycles. The molecule has 46 heavy (non-hydrogen) atoms. The molecular weight excluding hydrogens is 577 g/mol. The molecule has 214 valence electrons. The summed E-state index contributed by atoms with van der Waals surface area (Å²) >= 11 is 1.89. The molecule has 10 rings (SSSR count). The van der Waals surface area contributed by atoms with Gasteiger partial charge in [0, 0.05) is 63.8 Å². The molecule has 0 amide bonds. The number of nitrogens with zero attached hydrogens (tertiary/aromatic N) is 2. The van der Waals surface area contributed by atoms with E-state index in [0.29, 0.717) is 0 Å². The van der Waals surface area contributed by atoms with Gasteiger partial charge in [-0.1, -0.05) is 121 Å². The molecule has 0 N–H and O–H groups in total. The number of hydrogen-bond acceptors (Lipinski definition) is 2. The van der Waals surface area contributed by atoms with Gasteiger partial charge < -0.3 is 4.57 Å². The molecule has 0 spiro atoms. The van der Waals surface area contributed by atoms with E-state index in [1.54, 1.807) is 0 Å². The number of rotatable bonds is 3.